The fourth-order valence-electron chi connectivity index (χ4n) is 2.45. The molecule has 0 radical (unpaired) electrons. The average Bonchev–Trinajstić information content (AvgIpc) is 3.29. The molecule has 0 aromatic heterocycles. The van der Waals surface area contributed by atoms with Crippen molar-refractivity contribution in [2.24, 2.45) is 5.84 Å². The molecule has 21 heavy (non-hydrogen) atoms. The molecule has 2 aromatic rings. The Kier molecular flexibility index (Phi) is 4.29. The molecule has 0 bridgehead atoms. The molecule has 0 saturated heterocycles. The van der Waals surface area contributed by atoms with Crippen molar-refractivity contribution >= 4 is 15.9 Å². The minimum Gasteiger partial charge on any atom is -0.490 e. The van der Waals surface area contributed by atoms with Crippen molar-refractivity contribution in [1.29, 1.82) is 0 Å². The maximum Gasteiger partial charge on any atom is 0.120 e. The predicted octanol–water partition coefficient (Wildman–Crippen LogP) is 3.85. The lowest BCUT2D eigenvalue weighted by Gasteiger charge is -2.20. The van der Waals surface area contributed by atoms with Gasteiger partial charge in [0.2, 0.25) is 0 Å². The van der Waals surface area contributed by atoms with Crippen LogP contribution < -0.4 is 16.0 Å². The second-order valence-electron chi connectivity index (χ2n) is 5.44. The number of nitrogens with one attached hydrogen (secondary N) is 1. The smallest absolute Gasteiger partial charge is 0.120 e. The Morgan fingerprint density at radius 2 is 2.00 bits per heavy atom. The van der Waals surface area contributed by atoms with E-state index in [2.05, 4.69) is 46.5 Å². The number of hydrogen-bond donors (Lipinski definition) is 2. The van der Waals surface area contributed by atoms with Crippen molar-refractivity contribution < 1.29 is 4.74 Å². The van der Waals surface area contributed by atoms with Gasteiger partial charge in [0.25, 0.3) is 0 Å². The minimum absolute atomic E-state index is 0.0507. The molecule has 4 heteroatoms. The molecular formula is C17H19BrN2O. The third-order valence-corrected chi connectivity index (χ3v) is 4.66. The van der Waals surface area contributed by atoms with E-state index in [4.69, 9.17) is 10.6 Å². The van der Waals surface area contributed by atoms with Gasteiger partial charge < -0.3 is 4.74 Å². The zero-order valence-corrected chi connectivity index (χ0v) is 13.6. The summed E-state index contributed by atoms with van der Waals surface area (Å²) in [6.45, 7) is 2.09. The van der Waals surface area contributed by atoms with E-state index in [0.717, 1.165) is 34.2 Å². The van der Waals surface area contributed by atoms with Gasteiger partial charge in [-0.3, -0.25) is 5.84 Å². The first kappa shape index (κ1) is 14.6. The number of hydrazine groups is 1. The largest absolute Gasteiger partial charge is 0.490 e. The number of halogens is 1. The Morgan fingerprint density at radius 3 is 2.71 bits per heavy atom. The molecule has 1 aliphatic rings. The summed E-state index contributed by atoms with van der Waals surface area (Å²) in [5.41, 5.74) is 6.38. The Labute approximate surface area is 133 Å². The quantitative estimate of drug-likeness (QED) is 0.638. The molecular weight excluding hydrogens is 328 g/mol. The number of benzene rings is 2. The first-order valence-electron chi connectivity index (χ1n) is 7.17. The molecule has 1 atom stereocenters. The summed E-state index contributed by atoms with van der Waals surface area (Å²) >= 11 is 3.58. The molecule has 1 saturated carbocycles. The summed E-state index contributed by atoms with van der Waals surface area (Å²) in [5.74, 6) is 6.73. The lowest BCUT2D eigenvalue weighted by atomic mass is 9.95. The van der Waals surface area contributed by atoms with E-state index in [-0.39, 0.29) is 6.04 Å². The molecule has 3 N–H and O–H groups in total. The lowest BCUT2D eigenvalue weighted by Crippen LogP contribution is -2.29. The van der Waals surface area contributed by atoms with Crippen molar-refractivity contribution in [3.05, 3.63) is 63.6 Å². The molecule has 2 aromatic carbocycles. The fourth-order valence-corrected chi connectivity index (χ4v) is 2.83. The van der Waals surface area contributed by atoms with Gasteiger partial charge in [0.1, 0.15) is 5.75 Å². The van der Waals surface area contributed by atoms with Crippen LogP contribution in [-0.2, 0) is 0 Å². The lowest BCUT2D eigenvalue weighted by molar-refractivity contribution is 0.302. The van der Waals surface area contributed by atoms with Crippen LogP contribution in [0, 0.1) is 6.92 Å². The molecule has 0 heterocycles. The van der Waals surface area contributed by atoms with Gasteiger partial charge in [0.05, 0.1) is 12.1 Å². The van der Waals surface area contributed by atoms with Crippen molar-refractivity contribution in [2.45, 2.75) is 31.9 Å². The van der Waals surface area contributed by atoms with Crippen LogP contribution in [0.1, 0.15) is 35.6 Å². The molecule has 0 amide bonds. The van der Waals surface area contributed by atoms with Crippen LogP contribution in [0.2, 0.25) is 0 Å². The predicted molar refractivity (Wildman–Crippen MR) is 88.1 cm³/mol. The maximum atomic E-state index is 5.87. The van der Waals surface area contributed by atoms with E-state index in [1.54, 1.807) is 0 Å². The standard InChI is InChI=1S/C17H19BrN2O/c1-11-15(6-3-7-16(11)18)17(20-19)12-4-2-5-14(10-12)21-13-8-9-13/h2-7,10,13,17,20H,8-9,19H2,1H3. The van der Waals surface area contributed by atoms with Gasteiger partial charge in [0.15, 0.2) is 0 Å². The molecule has 1 aliphatic carbocycles. The van der Waals surface area contributed by atoms with Crippen LogP contribution in [-0.4, -0.2) is 6.10 Å². The van der Waals surface area contributed by atoms with E-state index in [1.807, 2.05) is 24.3 Å². The Morgan fingerprint density at radius 1 is 1.24 bits per heavy atom. The molecule has 3 nitrogen and oxygen atoms in total. The van der Waals surface area contributed by atoms with E-state index in [9.17, 15) is 0 Å². The van der Waals surface area contributed by atoms with Gasteiger partial charge >= 0.3 is 0 Å². The summed E-state index contributed by atoms with van der Waals surface area (Å²) in [7, 11) is 0. The molecule has 110 valence electrons. The van der Waals surface area contributed by atoms with Crippen LogP contribution in [0.3, 0.4) is 0 Å². The SMILES string of the molecule is Cc1c(Br)cccc1C(NN)c1cccc(OC2CC2)c1. The van der Waals surface area contributed by atoms with Gasteiger partial charge in [-0.2, -0.15) is 0 Å². The van der Waals surface area contributed by atoms with E-state index in [0.29, 0.717) is 6.10 Å². The van der Waals surface area contributed by atoms with Gasteiger partial charge in [-0.25, -0.2) is 5.43 Å². The Hall–Kier alpha value is -1.36. The van der Waals surface area contributed by atoms with E-state index in [1.165, 1.54) is 5.56 Å². The highest BCUT2D eigenvalue weighted by Gasteiger charge is 2.24. The number of rotatable bonds is 5. The molecule has 1 fully saturated rings. The van der Waals surface area contributed by atoms with E-state index >= 15 is 0 Å². The van der Waals surface area contributed by atoms with E-state index < -0.39 is 0 Å². The maximum absolute atomic E-state index is 5.87. The number of hydrogen-bond acceptors (Lipinski definition) is 3. The normalized spacial score (nSPS) is 15.8. The third-order valence-electron chi connectivity index (χ3n) is 3.81. The first-order valence-corrected chi connectivity index (χ1v) is 7.96. The first-order chi connectivity index (χ1) is 10.2. The Balaban J connectivity index is 1.93. The highest BCUT2D eigenvalue weighted by molar-refractivity contribution is 9.10. The van der Waals surface area contributed by atoms with Crippen molar-refractivity contribution in [3.8, 4) is 5.75 Å². The highest BCUT2D eigenvalue weighted by atomic mass is 79.9. The Bertz CT molecular complexity index is 640. The second-order valence-corrected chi connectivity index (χ2v) is 6.30. The third kappa shape index (κ3) is 3.28. The summed E-state index contributed by atoms with van der Waals surface area (Å²) in [4.78, 5) is 0. The van der Waals surface area contributed by atoms with Crippen LogP contribution in [0.25, 0.3) is 0 Å². The van der Waals surface area contributed by atoms with Crippen molar-refractivity contribution in [3.63, 3.8) is 0 Å². The number of nitrogens with two attached hydrogens (primary N) is 1. The van der Waals surface area contributed by atoms with Crippen LogP contribution >= 0.6 is 15.9 Å². The number of ether oxygens (including phenoxy) is 1. The zero-order chi connectivity index (χ0) is 14.8. The van der Waals surface area contributed by atoms with Crippen LogP contribution in [0.4, 0.5) is 0 Å². The van der Waals surface area contributed by atoms with Crippen LogP contribution in [0.5, 0.6) is 5.75 Å². The summed E-state index contributed by atoms with van der Waals surface area (Å²) in [6.07, 6.45) is 2.72. The summed E-state index contributed by atoms with van der Waals surface area (Å²) in [6, 6.07) is 14.3. The van der Waals surface area contributed by atoms with Gasteiger partial charge in [-0.1, -0.05) is 40.2 Å². The van der Waals surface area contributed by atoms with Crippen molar-refractivity contribution in [1.82, 2.24) is 5.43 Å². The molecule has 0 spiro atoms. The molecule has 3 rings (SSSR count). The summed E-state index contributed by atoms with van der Waals surface area (Å²) in [5, 5.41) is 0. The zero-order valence-electron chi connectivity index (χ0n) is 12.0. The molecule has 1 unspecified atom stereocenters. The average molecular weight is 347 g/mol. The fraction of sp³-hybridized carbons (Fsp3) is 0.294. The van der Waals surface area contributed by atoms with Gasteiger partial charge in [0, 0.05) is 4.47 Å². The monoisotopic (exact) mass is 346 g/mol. The molecule has 0 aliphatic heterocycles. The van der Waals surface area contributed by atoms with Crippen LogP contribution in [0.15, 0.2) is 46.9 Å². The summed E-state index contributed by atoms with van der Waals surface area (Å²) < 4.78 is 6.96. The second kappa shape index (κ2) is 6.18. The topological polar surface area (TPSA) is 47.3 Å². The minimum atomic E-state index is -0.0507. The van der Waals surface area contributed by atoms with Gasteiger partial charge in [-0.05, 0) is 54.7 Å². The van der Waals surface area contributed by atoms with Gasteiger partial charge in [-0.15, -0.1) is 0 Å². The highest BCUT2D eigenvalue weighted by Crippen LogP contribution is 2.32. The van der Waals surface area contributed by atoms with Crippen molar-refractivity contribution in [2.75, 3.05) is 0 Å².